The molecule has 5 nitrogen and oxygen atoms in total. The number of ether oxygens (including phenoxy) is 1. The van der Waals surface area contributed by atoms with E-state index >= 15 is 0 Å². The van der Waals surface area contributed by atoms with E-state index in [0.717, 1.165) is 37.6 Å². The number of nitrogens with one attached hydrogen (secondary N) is 1. The summed E-state index contributed by atoms with van der Waals surface area (Å²) in [6.45, 7) is 3.18. The summed E-state index contributed by atoms with van der Waals surface area (Å²) in [5.74, 6) is -0.466. The van der Waals surface area contributed by atoms with Crippen LogP contribution in [0, 0.1) is 11.3 Å². The highest BCUT2D eigenvalue weighted by atomic mass is 35.5. The lowest BCUT2D eigenvalue weighted by molar-refractivity contribution is -0.112. The second kappa shape index (κ2) is 8.52. The first-order chi connectivity index (χ1) is 12.7. The molecule has 2 aromatic rings. The third-order valence-electron chi connectivity index (χ3n) is 4.03. The highest BCUT2D eigenvalue weighted by molar-refractivity contribution is 6.31. The molecule has 1 amide bonds. The van der Waals surface area contributed by atoms with E-state index in [9.17, 15) is 10.1 Å². The third-order valence-corrected chi connectivity index (χ3v) is 4.26. The zero-order valence-corrected chi connectivity index (χ0v) is 14.9. The van der Waals surface area contributed by atoms with Gasteiger partial charge in [-0.05, 0) is 42.0 Å². The summed E-state index contributed by atoms with van der Waals surface area (Å²) in [7, 11) is 0. The molecule has 3 rings (SSSR count). The van der Waals surface area contributed by atoms with Gasteiger partial charge in [0.1, 0.15) is 11.6 Å². The molecular weight excluding hydrogens is 350 g/mol. The van der Waals surface area contributed by atoms with E-state index in [4.69, 9.17) is 16.3 Å². The fraction of sp³-hybridized carbons (Fsp3) is 0.200. The summed E-state index contributed by atoms with van der Waals surface area (Å²) in [6, 6.07) is 16.5. The number of benzene rings is 2. The first kappa shape index (κ1) is 18.0. The largest absolute Gasteiger partial charge is 0.378 e. The quantitative estimate of drug-likeness (QED) is 0.660. The molecule has 0 unspecified atom stereocenters. The average Bonchev–Trinajstić information content (AvgIpc) is 2.67. The topological polar surface area (TPSA) is 65.4 Å². The number of carbonyl (C=O) groups is 1. The van der Waals surface area contributed by atoms with Crippen molar-refractivity contribution in [3.8, 4) is 6.07 Å². The van der Waals surface area contributed by atoms with Gasteiger partial charge in [-0.1, -0.05) is 29.8 Å². The van der Waals surface area contributed by atoms with E-state index in [-0.39, 0.29) is 5.57 Å². The van der Waals surface area contributed by atoms with E-state index in [0.29, 0.717) is 10.7 Å². The summed E-state index contributed by atoms with van der Waals surface area (Å²) < 4.78 is 5.35. The number of nitriles is 1. The van der Waals surface area contributed by atoms with Gasteiger partial charge in [0, 0.05) is 29.5 Å². The third kappa shape index (κ3) is 4.63. The first-order valence-corrected chi connectivity index (χ1v) is 8.65. The normalized spacial score (nSPS) is 14.6. The molecule has 0 spiro atoms. The molecule has 1 aliphatic heterocycles. The highest BCUT2D eigenvalue weighted by Crippen LogP contribution is 2.19. The van der Waals surface area contributed by atoms with Crippen LogP contribution < -0.4 is 10.2 Å². The van der Waals surface area contributed by atoms with Crippen molar-refractivity contribution in [3.63, 3.8) is 0 Å². The molecule has 1 heterocycles. The van der Waals surface area contributed by atoms with E-state index in [1.54, 1.807) is 30.3 Å². The van der Waals surface area contributed by atoms with Gasteiger partial charge >= 0.3 is 0 Å². The van der Waals surface area contributed by atoms with Crippen molar-refractivity contribution in [2.24, 2.45) is 0 Å². The molecule has 0 aliphatic carbocycles. The van der Waals surface area contributed by atoms with Crippen molar-refractivity contribution in [1.82, 2.24) is 0 Å². The molecule has 0 bridgehead atoms. The molecule has 1 fully saturated rings. The Morgan fingerprint density at radius 1 is 1.19 bits per heavy atom. The van der Waals surface area contributed by atoms with Crippen LogP contribution in [-0.4, -0.2) is 32.2 Å². The van der Waals surface area contributed by atoms with Crippen molar-refractivity contribution in [2.75, 3.05) is 36.5 Å². The molecule has 132 valence electrons. The summed E-state index contributed by atoms with van der Waals surface area (Å²) in [5.41, 5.74) is 2.47. The minimum atomic E-state index is -0.466. The van der Waals surface area contributed by atoms with Gasteiger partial charge in [0.25, 0.3) is 5.91 Å². The number of morpholine rings is 1. The van der Waals surface area contributed by atoms with E-state index in [1.807, 2.05) is 30.3 Å². The molecule has 0 aromatic heterocycles. The Bertz CT molecular complexity index is 850. The fourth-order valence-corrected chi connectivity index (χ4v) is 2.87. The molecule has 0 radical (unpaired) electrons. The molecule has 1 saturated heterocycles. The first-order valence-electron chi connectivity index (χ1n) is 8.27. The SMILES string of the molecule is N#C/C(=C/c1ccc(N2CCOCC2)cc1)C(=O)Nc1cccc(Cl)c1. The Kier molecular flexibility index (Phi) is 5.90. The van der Waals surface area contributed by atoms with Gasteiger partial charge in [0.05, 0.1) is 13.2 Å². The Hall–Kier alpha value is -2.81. The number of anilines is 2. The van der Waals surface area contributed by atoms with Crippen molar-refractivity contribution in [1.29, 1.82) is 5.26 Å². The maximum atomic E-state index is 12.3. The number of halogens is 1. The lowest BCUT2D eigenvalue weighted by Gasteiger charge is -2.28. The highest BCUT2D eigenvalue weighted by Gasteiger charge is 2.12. The van der Waals surface area contributed by atoms with Crippen LogP contribution in [0.5, 0.6) is 0 Å². The monoisotopic (exact) mass is 367 g/mol. The summed E-state index contributed by atoms with van der Waals surface area (Å²) in [4.78, 5) is 14.6. The number of amides is 1. The van der Waals surface area contributed by atoms with E-state index < -0.39 is 5.91 Å². The molecule has 6 heteroatoms. The predicted octanol–water partition coefficient (Wildman–Crippen LogP) is 3.72. The van der Waals surface area contributed by atoms with Gasteiger partial charge in [-0.25, -0.2) is 0 Å². The maximum Gasteiger partial charge on any atom is 0.266 e. The lowest BCUT2D eigenvalue weighted by atomic mass is 10.1. The summed E-state index contributed by atoms with van der Waals surface area (Å²) >= 11 is 5.91. The van der Waals surface area contributed by atoms with Crippen LogP contribution in [0.15, 0.2) is 54.1 Å². The Balaban J connectivity index is 1.71. The number of hydrogen-bond acceptors (Lipinski definition) is 4. The molecular formula is C20H18ClN3O2. The minimum Gasteiger partial charge on any atom is -0.378 e. The Labute approximate surface area is 157 Å². The van der Waals surface area contributed by atoms with Crippen LogP contribution in [0.25, 0.3) is 6.08 Å². The van der Waals surface area contributed by atoms with Crippen molar-refractivity contribution >= 4 is 35.0 Å². The second-order valence-corrected chi connectivity index (χ2v) is 6.26. The van der Waals surface area contributed by atoms with Crippen molar-refractivity contribution in [2.45, 2.75) is 0 Å². The van der Waals surface area contributed by atoms with E-state index in [2.05, 4.69) is 10.2 Å². The fourth-order valence-electron chi connectivity index (χ4n) is 2.68. The smallest absolute Gasteiger partial charge is 0.266 e. The summed E-state index contributed by atoms with van der Waals surface area (Å²) in [5, 5.41) is 12.5. The van der Waals surface area contributed by atoms with Crippen molar-refractivity contribution < 1.29 is 9.53 Å². The molecule has 1 aliphatic rings. The Morgan fingerprint density at radius 3 is 2.58 bits per heavy atom. The van der Waals surface area contributed by atoms with Crippen molar-refractivity contribution in [3.05, 3.63) is 64.7 Å². The minimum absolute atomic E-state index is 0.0316. The van der Waals surface area contributed by atoms with Crippen LogP contribution in [0.4, 0.5) is 11.4 Å². The number of rotatable bonds is 4. The van der Waals surface area contributed by atoms with Gasteiger partial charge in [-0.3, -0.25) is 4.79 Å². The van der Waals surface area contributed by atoms with Crippen LogP contribution in [0.1, 0.15) is 5.56 Å². The molecule has 2 aromatic carbocycles. The van der Waals surface area contributed by atoms with Gasteiger partial charge in [0.2, 0.25) is 0 Å². The van der Waals surface area contributed by atoms with Crippen LogP contribution in [-0.2, 0) is 9.53 Å². The van der Waals surface area contributed by atoms with Gasteiger partial charge in [-0.2, -0.15) is 5.26 Å². The number of hydrogen-bond donors (Lipinski definition) is 1. The predicted molar refractivity (Wildman–Crippen MR) is 103 cm³/mol. The second-order valence-electron chi connectivity index (χ2n) is 5.83. The van der Waals surface area contributed by atoms with Gasteiger partial charge in [-0.15, -0.1) is 0 Å². The van der Waals surface area contributed by atoms with Gasteiger partial charge < -0.3 is 15.0 Å². The lowest BCUT2D eigenvalue weighted by Crippen LogP contribution is -2.36. The zero-order valence-electron chi connectivity index (χ0n) is 14.1. The maximum absolute atomic E-state index is 12.3. The number of carbonyl (C=O) groups excluding carboxylic acids is 1. The van der Waals surface area contributed by atoms with Gasteiger partial charge in [0.15, 0.2) is 0 Å². The van der Waals surface area contributed by atoms with Crippen LogP contribution in [0.2, 0.25) is 5.02 Å². The molecule has 26 heavy (non-hydrogen) atoms. The molecule has 1 N–H and O–H groups in total. The Morgan fingerprint density at radius 2 is 1.92 bits per heavy atom. The standard InChI is InChI=1S/C20H18ClN3O2/c21-17-2-1-3-18(13-17)23-20(25)16(14-22)12-15-4-6-19(7-5-15)24-8-10-26-11-9-24/h1-7,12-13H,8-11H2,(H,23,25)/b16-12-. The average molecular weight is 368 g/mol. The van der Waals surface area contributed by atoms with Crippen LogP contribution >= 0.6 is 11.6 Å². The van der Waals surface area contributed by atoms with E-state index in [1.165, 1.54) is 0 Å². The molecule has 0 atom stereocenters. The zero-order chi connectivity index (χ0) is 18.4. The number of nitrogens with zero attached hydrogens (tertiary/aromatic N) is 2. The van der Waals surface area contributed by atoms with Crippen LogP contribution in [0.3, 0.4) is 0 Å². The molecule has 0 saturated carbocycles. The summed E-state index contributed by atoms with van der Waals surface area (Å²) in [6.07, 6.45) is 1.57.